The van der Waals surface area contributed by atoms with Gasteiger partial charge in [-0.2, -0.15) is 0 Å². The standard InChI is InChI=1S/C15H28N4O2/c1-11(2)5-6-17-15(21)18-14(20)10-19-7-3-4-12-8-16-9-13(12)19/h11-13,16H,3-10H2,1-2H3,(H2,17,18,20,21). The van der Waals surface area contributed by atoms with Crippen LogP contribution in [-0.2, 0) is 4.79 Å². The molecular formula is C15H28N4O2. The van der Waals surface area contributed by atoms with E-state index in [4.69, 9.17) is 0 Å². The summed E-state index contributed by atoms with van der Waals surface area (Å²) in [6, 6.07) is 0.0762. The number of piperidine rings is 1. The van der Waals surface area contributed by atoms with Crippen molar-refractivity contribution in [2.75, 3.05) is 32.7 Å². The van der Waals surface area contributed by atoms with E-state index in [1.165, 1.54) is 6.42 Å². The third-order valence-corrected chi connectivity index (χ3v) is 4.40. The molecule has 0 spiro atoms. The highest BCUT2D eigenvalue weighted by molar-refractivity contribution is 5.95. The maximum absolute atomic E-state index is 12.0. The summed E-state index contributed by atoms with van der Waals surface area (Å²) >= 11 is 0. The van der Waals surface area contributed by atoms with E-state index < -0.39 is 0 Å². The van der Waals surface area contributed by atoms with Gasteiger partial charge in [0, 0.05) is 19.1 Å². The van der Waals surface area contributed by atoms with Gasteiger partial charge < -0.3 is 10.6 Å². The van der Waals surface area contributed by atoms with Crippen molar-refractivity contribution in [3.8, 4) is 0 Å². The van der Waals surface area contributed by atoms with Crippen LogP contribution in [0.3, 0.4) is 0 Å². The van der Waals surface area contributed by atoms with E-state index >= 15 is 0 Å². The number of nitrogens with zero attached hydrogens (tertiary/aromatic N) is 1. The van der Waals surface area contributed by atoms with Crippen LogP contribution in [0.5, 0.6) is 0 Å². The van der Waals surface area contributed by atoms with E-state index in [1.54, 1.807) is 0 Å². The van der Waals surface area contributed by atoms with Gasteiger partial charge in [-0.25, -0.2) is 4.79 Å². The highest BCUT2D eigenvalue weighted by atomic mass is 16.2. The Morgan fingerprint density at radius 1 is 1.33 bits per heavy atom. The minimum atomic E-state index is -0.376. The predicted octanol–water partition coefficient (Wildman–Crippen LogP) is 0.542. The molecule has 3 N–H and O–H groups in total. The number of imide groups is 1. The average Bonchev–Trinajstić information content (AvgIpc) is 2.87. The molecule has 2 heterocycles. The topological polar surface area (TPSA) is 73.5 Å². The Labute approximate surface area is 127 Å². The van der Waals surface area contributed by atoms with Crippen molar-refractivity contribution in [3.05, 3.63) is 0 Å². The number of carbonyl (C=O) groups excluding carboxylic acids is 2. The summed E-state index contributed by atoms with van der Waals surface area (Å²) in [5.74, 6) is 0.997. The minimum Gasteiger partial charge on any atom is -0.338 e. The first-order valence-electron chi connectivity index (χ1n) is 8.08. The van der Waals surface area contributed by atoms with Gasteiger partial charge in [0.1, 0.15) is 0 Å². The summed E-state index contributed by atoms with van der Waals surface area (Å²) < 4.78 is 0. The maximum Gasteiger partial charge on any atom is 0.321 e. The lowest BCUT2D eigenvalue weighted by atomic mass is 9.92. The number of hydrogen-bond acceptors (Lipinski definition) is 4. The zero-order valence-corrected chi connectivity index (χ0v) is 13.2. The summed E-state index contributed by atoms with van der Waals surface area (Å²) in [7, 11) is 0. The van der Waals surface area contributed by atoms with E-state index in [-0.39, 0.29) is 11.9 Å². The van der Waals surface area contributed by atoms with Crippen LogP contribution in [0, 0.1) is 11.8 Å². The molecule has 3 amide bonds. The van der Waals surface area contributed by atoms with Crippen LogP contribution in [0.15, 0.2) is 0 Å². The van der Waals surface area contributed by atoms with E-state index in [2.05, 4.69) is 34.7 Å². The molecule has 0 aromatic rings. The maximum atomic E-state index is 12.0. The number of rotatable bonds is 5. The lowest BCUT2D eigenvalue weighted by Gasteiger charge is -2.36. The molecule has 0 aromatic heterocycles. The summed E-state index contributed by atoms with van der Waals surface area (Å²) in [5, 5.41) is 8.55. The number of urea groups is 1. The number of hydrogen-bond donors (Lipinski definition) is 3. The Balaban J connectivity index is 1.70. The van der Waals surface area contributed by atoms with Gasteiger partial charge in [0.15, 0.2) is 0 Å². The predicted molar refractivity (Wildman–Crippen MR) is 82.0 cm³/mol. The smallest absolute Gasteiger partial charge is 0.321 e. The van der Waals surface area contributed by atoms with Crippen LogP contribution < -0.4 is 16.0 Å². The summed E-state index contributed by atoms with van der Waals surface area (Å²) in [6.45, 7) is 8.10. The van der Waals surface area contributed by atoms with Crippen molar-refractivity contribution >= 4 is 11.9 Å². The molecule has 0 saturated carbocycles. The van der Waals surface area contributed by atoms with E-state index in [0.717, 1.165) is 32.5 Å². The summed E-state index contributed by atoms with van der Waals surface area (Å²) in [6.07, 6.45) is 3.30. The summed E-state index contributed by atoms with van der Waals surface area (Å²) in [5.41, 5.74) is 0. The lowest BCUT2D eigenvalue weighted by Crippen LogP contribution is -2.51. The van der Waals surface area contributed by atoms with Crippen molar-refractivity contribution in [1.29, 1.82) is 0 Å². The second kappa shape index (κ2) is 7.75. The Kier molecular flexibility index (Phi) is 5.99. The minimum absolute atomic E-state index is 0.204. The molecule has 2 fully saturated rings. The molecule has 6 heteroatoms. The van der Waals surface area contributed by atoms with Gasteiger partial charge in [-0.15, -0.1) is 0 Å². The van der Waals surface area contributed by atoms with Crippen LogP contribution >= 0.6 is 0 Å². The fourth-order valence-electron chi connectivity index (χ4n) is 3.23. The van der Waals surface area contributed by atoms with Crippen LogP contribution in [0.1, 0.15) is 33.1 Å². The number of nitrogens with one attached hydrogen (secondary N) is 3. The Morgan fingerprint density at radius 2 is 2.14 bits per heavy atom. The molecule has 2 saturated heterocycles. The van der Waals surface area contributed by atoms with E-state index in [0.29, 0.717) is 31.0 Å². The molecule has 2 atom stereocenters. The fraction of sp³-hybridized carbons (Fsp3) is 0.867. The van der Waals surface area contributed by atoms with Gasteiger partial charge in [0.2, 0.25) is 5.91 Å². The van der Waals surface area contributed by atoms with E-state index in [9.17, 15) is 9.59 Å². The van der Waals surface area contributed by atoms with Gasteiger partial charge in [0.05, 0.1) is 6.54 Å². The summed E-state index contributed by atoms with van der Waals surface area (Å²) in [4.78, 5) is 25.8. The molecule has 120 valence electrons. The lowest BCUT2D eigenvalue weighted by molar-refractivity contribution is -0.122. The molecular weight excluding hydrogens is 268 g/mol. The van der Waals surface area contributed by atoms with Gasteiger partial charge in [0.25, 0.3) is 0 Å². The second-order valence-corrected chi connectivity index (χ2v) is 6.58. The number of fused-ring (bicyclic) bond motifs is 1. The first kappa shape index (κ1) is 16.2. The van der Waals surface area contributed by atoms with E-state index in [1.807, 2.05) is 0 Å². The van der Waals surface area contributed by atoms with Crippen LogP contribution in [0.25, 0.3) is 0 Å². The SMILES string of the molecule is CC(C)CCNC(=O)NC(=O)CN1CCCC2CNCC21. The Bertz CT molecular complexity index is 373. The highest BCUT2D eigenvalue weighted by Crippen LogP contribution is 2.25. The van der Waals surface area contributed by atoms with Crippen LogP contribution in [-0.4, -0.2) is 55.6 Å². The average molecular weight is 296 g/mol. The molecule has 0 radical (unpaired) electrons. The molecule has 0 aromatic carbocycles. The Hall–Kier alpha value is -1.14. The molecule has 0 bridgehead atoms. The van der Waals surface area contributed by atoms with Crippen molar-refractivity contribution in [3.63, 3.8) is 0 Å². The second-order valence-electron chi connectivity index (χ2n) is 6.58. The number of likely N-dealkylation sites (tertiary alicyclic amines) is 1. The first-order valence-corrected chi connectivity index (χ1v) is 8.08. The van der Waals surface area contributed by atoms with Crippen molar-refractivity contribution < 1.29 is 9.59 Å². The normalized spacial score (nSPS) is 25.7. The quantitative estimate of drug-likeness (QED) is 0.692. The fourth-order valence-corrected chi connectivity index (χ4v) is 3.23. The van der Waals surface area contributed by atoms with Crippen molar-refractivity contribution in [1.82, 2.24) is 20.9 Å². The van der Waals surface area contributed by atoms with Gasteiger partial charge >= 0.3 is 6.03 Å². The molecule has 6 nitrogen and oxygen atoms in total. The van der Waals surface area contributed by atoms with Crippen LogP contribution in [0.2, 0.25) is 0 Å². The largest absolute Gasteiger partial charge is 0.338 e. The first-order chi connectivity index (χ1) is 10.1. The molecule has 21 heavy (non-hydrogen) atoms. The van der Waals surface area contributed by atoms with Crippen molar-refractivity contribution in [2.45, 2.75) is 39.2 Å². The van der Waals surface area contributed by atoms with Gasteiger partial charge in [-0.1, -0.05) is 13.8 Å². The van der Waals surface area contributed by atoms with Gasteiger partial charge in [-0.3, -0.25) is 15.0 Å². The number of amides is 3. The molecule has 2 rings (SSSR count). The van der Waals surface area contributed by atoms with Gasteiger partial charge in [-0.05, 0) is 44.2 Å². The Morgan fingerprint density at radius 3 is 2.90 bits per heavy atom. The molecule has 2 aliphatic rings. The monoisotopic (exact) mass is 296 g/mol. The molecule has 0 aliphatic carbocycles. The van der Waals surface area contributed by atoms with Crippen LogP contribution in [0.4, 0.5) is 4.79 Å². The molecule has 2 aliphatic heterocycles. The third-order valence-electron chi connectivity index (χ3n) is 4.40. The zero-order valence-electron chi connectivity index (χ0n) is 13.2. The third kappa shape index (κ3) is 4.97. The van der Waals surface area contributed by atoms with Crippen molar-refractivity contribution in [2.24, 2.45) is 11.8 Å². The molecule has 2 unspecified atom stereocenters. The number of carbonyl (C=O) groups is 2. The highest BCUT2D eigenvalue weighted by Gasteiger charge is 2.35. The zero-order chi connectivity index (χ0) is 15.2.